The van der Waals surface area contributed by atoms with Crippen molar-refractivity contribution in [3.05, 3.63) is 35.4 Å². The van der Waals surface area contributed by atoms with Crippen molar-refractivity contribution in [1.82, 2.24) is 5.32 Å². The largest absolute Gasteiger partial charge is 0.330 e. The molecule has 1 fully saturated rings. The van der Waals surface area contributed by atoms with Gasteiger partial charge in [0, 0.05) is 12.5 Å². The van der Waals surface area contributed by atoms with E-state index < -0.39 is 6.17 Å². The van der Waals surface area contributed by atoms with Crippen LogP contribution in [-0.4, -0.2) is 19.6 Å². The zero-order valence-corrected chi connectivity index (χ0v) is 10.2. The molecular formula is C14H21FN2. The van der Waals surface area contributed by atoms with Gasteiger partial charge in [-0.05, 0) is 43.5 Å². The summed E-state index contributed by atoms with van der Waals surface area (Å²) in [4.78, 5) is 0. The normalized spacial score (nSPS) is 22.4. The number of halogens is 1. The highest BCUT2D eigenvalue weighted by Gasteiger charge is 2.24. The predicted octanol–water partition coefficient (Wildman–Crippen LogP) is 2.20. The van der Waals surface area contributed by atoms with Crippen molar-refractivity contribution < 1.29 is 4.39 Å². The van der Waals surface area contributed by atoms with Crippen LogP contribution in [0.3, 0.4) is 0 Å². The van der Waals surface area contributed by atoms with E-state index in [4.69, 9.17) is 5.73 Å². The minimum absolute atomic E-state index is 0.129. The topological polar surface area (TPSA) is 38.0 Å². The lowest BCUT2D eigenvalue weighted by Crippen LogP contribution is -2.32. The highest BCUT2D eigenvalue weighted by atomic mass is 19.1. The third-order valence-electron chi connectivity index (χ3n) is 3.48. The second kappa shape index (κ2) is 6.12. The first kappa shape index (κ1) is 12.5. The number of piperidine rings is 1. The third-order valence-corrected chi connectivity index (χ3v) is 3.48. The number of benzene rings is 1. The van der Waals surface area contributed by atoms with Gasteiger partial charge in [-0.3, -0.25) is 0 Å². The summed E-state index contributed by atoms with van der Waals surface area (Å²) in [6.07, 6.45) is 2.09. The van der Waals surface area contributed by atoms with E-state index in [1.54, 1.807) is 0 Å². The molecule has 17 heavy (non-hydrogen) atoms. The van der Waals surface area contributed by atoms with Gasteiger partial charge in [-0.2, -0.15) is 0 Å². The molecule has 0 aliphatic carbocycles. The Bertz CT molecular complexity index is 331. The van der Waals surface area contributed by atoms with E-state index in [1.165, 1.54) is 5.56 Å². The van der Waals surface area contributed by atoms with Crippen molar-refractivity contribution in [2.45, 2.75) is 25.4 Å². The molecule has 1 saturated heterocycles. The summed E-state index contributed by atoms with van der Waals surface area (Å²) in [6, 6.07) is 7.80. The Labute approximate surface area is 102 Å². The quantitative estimate of drug-likeness (QED) is 0.841. The van der Waals surface area contributed by atoms with Crippen LogP contribution in [0, 0.1) is 5.92 Å². The monoisotopic (exact) mass is 236 g/mol. The van der Waals surface area contributed by atoms with E-state index in [1.807, 2.05) is 24.3 Å². The molecule has 3 heteroatoms. The number of rotatable bonds is 4. The summed E-state index contributed by atoms with van der Waals surface area (Å²) in [6.45, 7) is 2.47. The maximum atomic E-state index is 14.3. The molecule has 0 spiro atoms. The van der Waals surface area contributed by atoms with Crippen LogP contribution in [0.5, 0.6) is 0 Å². The summed E-state index contributed by atoms with van der Waals surface area (Å²) < 4.78 is 14.3. The molecule has 2 unspecified atom stereocenters. The van der Waals surface area contributed by atoms with Gasteiger partial charge in [0.05, 0.1) is 0 Å². The van der Waals surface area contributed by atoms with Gasteiger partial charge >= 0.3 is 0 Å². The zero-order chi connectivity index (χ0) is 12.1. The number of alkyl halides is 1. The van der Waals surface area contributed by atoms with Crippen molar-refractivity contribution in [1.29, 1.82) is 0 Å². The van der Waals surface area contributed by atoms with Gasteiger partial charge in [-0.1, -0.05) is 24.3 Å². The predicted molar refractivity (Wildman–Crippen MR) is 68.6 cm³/mol. The van der Waals surface area contributed by atoms with Crippen molar-refractivity contribution in [2.75, 3.05) is 19.6 Å². The SMILES string of the molecule is NCCc1ccc(C(F)C2CCCNC2)cc1. The van der Waals surface area contributed by atoms with Crippen LogP contribution in [0.1, 0.15) is 30.1 Å². The minimum Gasteiger partial charge on any atom is -0.330 e. The van der Waals surface area contributed by atoms with Gasteiger partial charge in [-0.25, -0.2) is 4.39 Å². The first-order chi connectivity index (χ1) is 8.31. The van der Waals surface area contributed by atoms with Gasteiger partial charge in [0.15, 0.2) is 0 Å². The van der Waals surface area contributed by atoms with Gasteiger partial charge < -0.3 is 11.1 Å². The zero-order valence-electron chi connectivity index (χ0n) is 10.2. The molecule has 0 amide bonds. The second-order valence-corrected chi connectivity index (χ2v) is 4.79. The van der Waals surface area contributed by atoms with Gasteiger partial charge in [-0.15, -0.1) is 0 Å². The average molecular weight is 236 g/mol. The fraction of sp³-hybridized carbons (Fsp3) is 0.571. The van der Waals surface area contributed by atoms with Crippen molar-refractivity contribution in [3.8, 4) is 0 Å². The molecule has 3 N–H and O–H groups in total. The van der Waals surface area contributed by atoms with Gasteiger partial charge in [0.1, 0.15) is 6.17 Å². The Balaban J connectivity index is 2.00. The van der Waals surface area contributed by atoms with E-state index in [2.05, 4.69) is 5.32 Å². The molecular weight excluding hydrogens is 215 g/mol. The number of hydrogen-bond acceptors (Lipinski definition) is 2. The Kier molecular flexibility index (Phi) is 4.51. The highest BCUT2D eigenvalue weighted by Crippen LogP contribution is 2.30. The van der Waals surface area contributed by atoms with Crippen LogP contribution in [-0.2, 0) is 6.42 Å². The van der Waals surface area contributed by atoms with Crippen molar-refractivity contribution >= 4 is 0 Å². The van der Waals surface area contributed by atoms with Crippen LogP contribution in [0.4, 0.5) is 4.39 Å². The minimum atomic E-state index is -0.838. The lowest BCUT2D eigenvalue weighted by atomic mass is 9.90. The van der Waals surface area contributed by atoms with E-state index in [-0.39, 0.29) is 5.92 Å². The van der Waals surface area contributed by atoms with E-state index in [0.717, 1.165) is 37.9 Å². The van der Waals surface area contributed by atoms with Crippen LogP contribution in [0.25, 0.3) is 0 Å². The van der Waals surface area contributed by atoms with Crippen molar-refractivity contribution in [3.63, 3.8) is 0 Å². The van der Waals surface area contributed by atoms with E-state index in [0.29, 0.717) is 6.54 Å². The Morgan fingerprint density at radius 3 is 2.71 bits per heavy atom. The lowest BCUT2D eigenvalue weighted by molar-refractivity contribution is 0.194. The molecule has 1 aliphatic heterocycles. The summed E-state index contributed by atoms with van der Waals surface area (Å²) >= 11 is 0. The van der Waals surface area contributed by atoms with Gasteiger partial charge in [0.25, 0.3) is 0 Å². The first-order valence-electron chi connectivity index (χ1n) is 6.45. The number of nitrogens with one attached hydrogen (secondary N) is 1. The average Bonchev–Trinajstić information content (AvgIpc) is 2.40. The molecule has 0 radical (unpaired) electrons. The molecule has 94 valence electrons. The van der Waals surface area contributed by atoms with Crippen LogP contribution >= 0.6 is 0 Å². The summed E-state index contributed by atoms with van der Waals surface area (Å²) in [5.41, 5.74) is 7.48. The van der Waals surface area contributed by atoms with Crippen molar-refractivity contribution in [2.24, 2.45) is 11.7 Å². The Hall–Kier alpha value is -0.930. The molecule has 0 aromatic heterocycles. The van der Waals surface area contributed by atoms with Crippen LogP contribution in [0.15, 0.2) is 24.3 Å². The lowest BCUT2D eigenvalue weighted by Gasteiger charge is -2.26. The fourth-order valence-corrected chi connectivity index (χ4v) is 2.44. The third kappa shape index (κ3) is 3.27. The fourth-order valence-electron chi connectivity index (χ4n) is 2.44. The number of hydrogen-bond donors (Lipinski definition) is 2. The molecule has 2 nitrogen and oxygen atoms in total. The first-order valence-corrected chi connectivity index (χ1v) is 6.45. The molecule has 0 bridgehead atoms. The van der Waals surface area contributed by atoms with Crippen LogP contribution < -0.4 is 11.1 Å². The Morgan fingerprint density at radius 1 is 1.35 bits per heavy atom. The second-order valence-electron chi connectivity index (χ2n) is 4.79. The standard InChI is InChI=1S/C14H21FN2/c15-14(13-2-1-9-17-10-13)12-5-3-11(4-6-12)7-8-16/h3-6,13-14,17H,1-2,7-10,16H2. The van der Waals surface area contributed by atoms with E-state index in [9.17, 15) is 4.39 Å². The molecule has 2 atom stereocenters. The maximum absolute atomic E-state index is 14.3. The van der Waals surface area contributed by atoms with E-state index >= 15 is 0 Å². The maximum Gasteiger partial charge on any atom is 0.129 e. The molecule has 1 heterocycles. The summed E-state index contributed by atoms with van der Waals surface area (Å²) in [5, 5.41) is 3.26. The molecule has 0 saturated carbocycles. The highest BCUT2D eigenvalue weighted by molar-refractivity contribution is 5.25. The molecule has 1 aromatic carbocycles. The smallest absolute Gasteiger partial charge is 0.129 e. The summed E-state index contributed by atoms with van der Waals surface area (Å²) in [7, 11) is 0. The van der Waals surface area contributed by atoms with Gasteiger partial charge in [0.2, 0.25) is 0 Å². The Morgan fingerprint density at radius 2 is 2.12 bits per heavy atom. The number of nitrogens with two attached hydrogens (primary N) is 1. The molecule has 2 rings (SSSR count). The molecule has 1 aliphatic rings. The summed E-state index contributed by atoms with van der Waals surface area (Å²) in [5.74, 6) is 0.129. The molecule has 1 aromatic rings. The van der Waals surface area contributed by atoms with Crippen LogP contribution in [0.2, 0.25) is 0 Å².